The van der Waals surface area contributed by atoms with Gasteiger partial charge in [-0.3, -0.25) is 4.79 Å². The SMILES string of the molecule is CCc1ccc(OCC(=O)Nc2ccc(Br)cc2Cl)cc1. The van der Waals surface area contributed by atoms with E-state index in [-0.39, 0.29) is 12.5 Å². The Bertz CT molecular complexity index is 629. The van der Waals surface area contributed by atoms with Crippen LogP contribution in [-0.2, 0) is 11.2 Å². The third kappa shape index (κ3) is 4.76. The number of hydrogen-bond acceptors (Lipinski definition) is 2. The van der Waals surface area contributed by atoms with Gasteiger partial charge >= 0.3 is 0 Å². The Balaban J connectivity index is 1.89. The van der Waals surface area contributed by atoms with Gasteiger partial charge in [0.05, 0.1) is 10.7 Å². The number of ether oxygens (including phenoxy) is 1. The van der Waals surface area contributed by atoms with Crippen LogP contribution in [0, 0.1) is 0 Å². The fourth-order valence-corrected chi connectivity index (χ4v) is 2.47. The zero-order valence-electron chi connectivity index (χ0n) is 11.5. The van der Waals surface area contributed by atoms with Crippen LogP contribution in [0.1, 0.15) is 12.5 Å². The number of carbonyl (C=O) groups excluding carboxylic acids is 1. The van der Waals surface area contributed by atoms with E-state index in [9.17, 15) is 4.79 Å². The number of hydrogen-bond donors (Lipinski definition) is 1. The monoisotopic (exact) mass is 367 g/mol. The van der Waals surface area contributed by atoms with E-state index in [2.05, 4.69) is 28.2 Å². The number of aryl methyl sites for hydroxylation is 1. The molecular weight excluding hydrogens is 354 g/mol. The highest BCUT2D eigenvalue weighted by molar-refractivity contribution is 9.10. The Hall–Kier alpha value is -1.52. The lowest BCUT2D eigenvalue weighted by atomic mass is 10.2. The van der Waals surface area contributed by atoms with Crippen LogP contribution in [0.5, 0.6) is 5.75 Å². The molecule has 110 valence electrons. The van der Waals surface area contributed by atoms with Crippen molar-refractivity contribution >= 4 is 39.1 Å². The Labute approximate surface area is 137 Å². The molecule has 1 amide bonds. The number of amides is 1. The normalized spacial score (nSPS) is 10.2. The lowest BCUT2D eigenvalue weighted by Crippen LogP contribution is -2.20. The van der Waals surface area contributed by atoms with Crippen molar-refractivity contribution in [1.29, 1.82) is 0 Å². The Morgan fingerprint density at radius 2 is 1.95 bits per heavy atom. The molecule has 1 N–H and O–H groups in total. The smallest absolute Gasteiger partial charge is 0.262 e. The maximum Gasteiger partial charge on any atom is 0.262 e. The summed E-state index contributed by atoms with van der Waals surface area (Å²) in [5.74, 6) is 0.419. The summed E-state index contributed by atoms with van der Waals surface area (Å²) < 4.78 is 6.30. The van der Waals surface area contributed by atoms with E-state index in [4.69, 9.17) is 16.3 Å². The second-order valence-corrected chi connectivity index (χ2v) is 5.78. The van der Waals surface area contributed by atoms with Crippen molar-refractivity contribution in [2.45, 2.75) is 13.3 Å². The van der Waals surface area contributed by atoms with E-state index >= 15 is 0 Å². The summed E-state index contributed by atoms with van der Waals surface area (Å²) in [5, 5.41) is 3.19. The molecule has 2 aromatic rings. The van der Waals surface area contributed by atoms with E-state index in [1.165, 1.54) is 5.56 Å². The van der Waals surface area contributed by atoms with Crippen LogP contribution in [0.4, 0.5) is 5.69 Å². The minimum atomic E-state index is -0.251. The molecule has 0 atom stereocenters. The van der Waals surface area contributed by atoms with Crippen molar-refractivity contribution < 1.29 is 9.53 Å². The fraction of sp³-hybridized carbons (Fsp3) is 0.188. The molecular formula is C16H15BrClNO2. The first-order valence-corrected chi connectivity index (χ1v) is 7.72. The molecule has 0 radical (unpaired) electrons. The number of anilines is 1. The molecule has 0 aliphatic carbocycles. The Morgan fingerprint density at radius 1 is 1.24 bits per heavy atom. The zero-order chi connectivity index (χ0) is 15.2. The average molecular weight is 369 g/mol. The van der Waals surface area contributed by atoms with Gasteiger partial charge in [0.15, 0.2) is 6.61 Å². The molecule has 5 heteroatoms. The largest absolute Gasteiger partial charge is 0.484 e. The summed E-state index contributed by atoms with van der Waals surface area (Å²) in [6.45, 7) is 2.03. The molecule has 0 heterocycles. The molecule has 0 spiro atoms. The quantitative estimate of drug-likeness (QED) is 0.832. The maximum absolute atomic E-state index is 11.8. The molecule has 3 nitrogen and oxygen atoms in total. The van der Waals surface area contributed by atoms with Crippen molar-refractivity contribution in [2.75, 3.05) is 11.9 Å². The van der Waals surface area contributed by atoms with Gasteiger partial charge in [-0.2, -0.15) is 0 Å². The summed E-state index contributed by atoms with van der Waals surface area (Å²) in [6.07, 6.45) is 0.975. The fourth-order valence-electron chi connectivity index (χ4n) is 1.75. The minimum Gasteiger partial charge on any atom is -0.484 e. The molecule has 0 aromatic heterocycles. The van der Waals surface area contributed by atoms with Gasteiger partial charge in [0.1, 0.15) is 5.75 Å². The molecule has 21 heavy (non-hydrogen) atoms. The van der Waals surface area contributed by atoms with Crippen molar-refractivity contribution in [3.8, 4) is 5.75 Å². The van der Waals surface area contributed by atoms with Crippen molar-refractivity contribution in [3.05, 3.63) is 57.5 Å². The summed E-state index contributed by atoms with van der Waals surface area (Å²) in [6, 6.07) is 13.0. The van der Waals surface area contributed by atoms with E-state index in [1.807, 2.05) is 30.3 Å². The van der Waals surface area contributed by atoms with Gasteiger partial charge in [-0.1, -0.05) is 46.6 Å². The standard InChI is InChI=1S/C16H15BrClNO2/c1-2-11-3-6-13(7-4-11)21-10-16(20)19-15-8-5-12(17)9-14(15)18/h3-9H,2,10H2,1H3,(H,19,20). The topological polar surface area (TPSA) is 38.3 Å². The molecule has 2 aromatic carbocycles. The molecule has 0 aliphatic heterocycles. The highest BCUT2D eigenvalue weighted by atomic mass is 79.9. The van der Waals surface area contributed by atoms with Gasteiger partial charge in [0, 0.05) is 4.47 Å². The number of benzene rings is 2. The molecule has 0 saturated carbocycles. The molecule has 0 unspecified atom stereocenters. The van der Waals surface area contributed by atoms with Gasteiger partial charge < -0.3 is 10.1 Å². The second kappa shape index (κ2) is 7.48. The van der Waals surface area contributed by atoms with E-state index in [1.54, 1.807) is 12.1 Å². The first kappa shape index (κ1) is 15.9. The zero-order valence-corrected chi connectivity index (χ0v) is 13.9. The van der Waals surface area contributed by atoms with Gasteiger partial charge in [0.2, 0.25) is 0 Å². The number of carbonyl (C=O) groups is 1. The van der Waals surface area contributed by atoms with Crippen molar-refractivity contribution in [1.82, 2.24) is 0 Å². The molecule has 0 bridgehead atoms. The number of rotatable bonds is 5. The lowest BCUT2D eigenvalue weighted by molar-refractivity contribution is -0.118. The van der Waals surface area contributed by atoms with Crippen LogP contribution >= 0.6 is 27.5 Å². The molecule has 0 aliphatic rings. The summed E-state index contributed by atoms with van der Waals surface area (Å²) >= 11 is 9.35. The molecule has 0 saturated heterocycles. The van der Waals surface area contributed by atoms with E-state index < -0.39 is 0 Å². The summed E-state index contributed by atoms with van der Waals surface area (Å²) in [5.41, 5.74) is 1.79. The first-order valence-electron chi connectivity index (χ1n) is 6.55. The van der Waals surface area contributed by atoms with Crippen molar-refractivity contribution in [2.24, 2.45) is 0 Å². The predicted octanol–water partition coefficient (Wildman–Crippen LogP) is 4.68. The average Bonchev–Trinajstić information content (AvgIpc) is 2.48. The summed E-state index contributed by atoms with van der Waals surface area (Å²) in [7, 11) is 0. The van der Waals surface area contributed by atoms with Crippen LogP contribution in [0.15, 0.2) is 46.9 Å². The number of halogens is 2. The van der Waals surface area contributed by atoms with E-state index in [0.29, 0.717) is 16.5 Å². The highest BCUT2D eigenvalue weighted by Gasteiger charge is 2.07. The highest BCUT2D eigenvalue weighted by Crippen LogP contribution is 2.25. The van der Waals surface area contributed by atoms with Gasteiger partial charge in [-0.25, -0.2) is 0 Å². The second-order valence-electron chi connectivity index (χ2n) is 4.46. The lowest BCUT2D eigenvalue weighted by Gasteiger charge is -2.09. The van der Waals surface area contributed by atoms with Crippen LogP contribution in [0.25, 0.3) is 0 Å². The maximum atomic E-state index is 11.8. The third-order valence-electron chi connectivity index (χ3n) is 2.91. The van der Waals surface area contributed by atoms with Gasteiger partial charge in [0.25, 0.3) is 5.91 Å². The van der Waals surface area contributed by atoms with Crippen LogP contribution < -0.4 is 10.1 Å². The molecule has 0 fully saturated rings. The van der Waals surface area contributed by atoms with E-state index in [0.717, 1.165) is 10.9 Å². The Morgan fingerprint density at radius 3 is 2.57 bits per heavy atom. The number of nitrogens with one attached hydrogen (secondary N) is 1. The predicted molar refractivity (Wildman–Crippen MR) is 89.1 cm³/mol. The van der Waals surface area contributed by atoms with Crippen LogP contribution in [-0.4, -0.2) is 12.5 Å². The first-order chi connectivity index (χ1) is 10.1. The van der Waals surface area contributed by atoms with Gasteiger partial charge in [-0.05, 0) is 42.3 Å². The minimum absolute atomic E-state index is 0.0577. The van der Waals surface area contributed by atoms with Crippen LogP contribution in [0.2, 0.25) is 5.02 Å². The van der Waals surface area contributed by atoms with Crippen LogP contribution in [0.3, 0.4) is 0 Å². The van der Waals surface area contributed by atoms with Crippen molar-refractivity contribution in [3.63, 3.8) is 0 Å². The molecule has 2 rings (SSSR count). The summed E-state index contributed by atoms with van der Waals surface area (Å²) in [4.78, 5) is 11.8. The van der Waals surface area contributed by atoms with Gasteiger partial charge in [-0.15, -0.1) is 0 Å². The Kier molecular flexibility index (Phi) is 5.65. The third-order valence-corrected chi connectivity index (χ3v) is 3.71.